The highest BCUT2D eigenvalue weighted by molar-refractivity contribution is 7.92. The fourth-order valence-corrected chi connectivity index (χ4v) is 4.32. The summed E-state index contributed by atoms with van der Waals surface area (Å²) in [4.78, 5) is 17.6. The number of carbonyl (C=O) groups excluding carboxylic acids is 1. The van der Waals surface area contributed by atoms with Gasteiger partial charge in [0.15, 0.2) is 0 Å². The van der Waals surface area contributed by atoms with Crippen molar-refractivity contribution >= 4 is 27.3 Å². The zero-order chi connectivity index (χ0) is 20.6. The van der Waals surface area contributed by atoms with Gasteiger partial charge in [-0.3, -0.25) is 14.5 Å². The number of sulfonamides is 1. The van der Waals surface area contributed by atoms with Crippen LogP contribution in [0.5, 0.6) is 0 Å². The number of amides is 1. The Kier molecular flexibility index (Phi) is 4.75. The second kappa shape index (κ2) is 7.25. The largest absolute Gasteiger partial charge is 0.308 e. The minimum absolute atomic E-state index is 0.168. The van der Waals surface area contributed by atoms with E-state index in [9.17, 15) is 22.0 Å². The summed E-state index contributed by atoms with van der Waals surface area (Å²) < 4.78 is 54.3. The third kappa shape index (κ3) is 3.68. The van der Waals surface area contributed by atoms with Crippen LogP contribution in [0.15, 0.2) is 65.8 Å². The lowest BCUT2D eigenvalue weighted by Gasteiger charge is -2.18. The maximum atomic E-state index is 13.9. The Morgan fingerprint density at radius 1 is 1.03 bits per heavy atom. The average Bonchev–Trinajstić information content (AvgIpc) is 3.10. The summed E-state index contributed by atoms with van der Waals surface area (Å²) in [5, 5.41) is 0. The fraction of sp³-hybridized carbons (Fsp3) is 0.100. The third-order valence-corrected chi connectivity index (χ3v) is 6.00. The van der Waals surface area contributed by atoms with Gasteiger partial charge in [0.25, 0.3) is 15.9 Å². The number of hydrogen-bond donors (Lipinski definition) is 1. The number of nitrogens with zero attached hydrogens (tertiary/aromatic N) is 2. The molecule has 9 heteroatoms. The van der Waals surface area contributed by atoms with Gasteiger partial charge in [-0.15, -0.1) is 0 Å². The van der Waals surface area contributed by atoms with E-state index in [2.05, 4.69) is 9.71 Å². The number of hydrogen-bond acceptors (Lipinski definition) is 4. The van der Waals surface area contributed by atoms with Crippen molar-refractivity contribution in [2.45, 2.75) is 11.3 Å². The minimum Gasteiger partial charge on any atom is -0.308 e. The maximum Gasteiger partial charge on any atom is 0.264 e. The smallest absolute Gasteiger partial charge is 0.264 e. The highest BCUT2D eigenvalue weighted by Gasteiger charge is 2.27. The molecular formula is C20H15F2N3O3S. The molecule has 1 N–H and O–H groups in total. The fourth-order valence-electron chi connectivity index (χ4n) is 3.21. The molecule has 1 aromatic heterocycles. The van der Waals surface area contributed by atoms with E-state index in [0.717, 1.165) is 17.7 Å². The van der Waals surface area contributed by atoms with Crippen LogP contribution in [0.4, 0.5) is 20.2 Å². The van der Waals surface area contributed by atoms with Crippen LogP contribution < -0.4 is 9.62 Å². The van der Waals surface area contributed by atoms with Crippen molar-refractivity contribution in [2.24, 2.45) is 0 Å². The minimum atomic E-state index is -4.27. The second-order valence-corrected chi connectivity index (χ2v) is 8.12. The van der Waals surface area contributed by atoms with Crippen LogP contribution in [0.2, 0.25) is 0 Å². The van der Waals surface area contributed by atoms with Gasteiger partial charge in [0, 0.05) is 36.3 Å². The van der Waals surface area contributed by atoms with Crippen LogP contribution in [0.3, 0.4) is 0 Å². The molecule has 1 aliphatic heterocycles. The normalized spacial score (nSPS) is 13.2. The molecule has 0 radical (unpaired) electrons. The molecular weight excluding hydrogens is 400 g/mol. The molecule has 4 rings (SSSR count). The average molecular weight is 415 g/mol. The van der Waals surface area contributed by atoms with Gasteiger partial charge in [-0.2, -0.15) is 0 Å². The van der Waals surface area contributed by atoms with Gasteiger partial charge in [0.05, 0.1) is 5.69 Å². The molecule has 0 saturated carbocycles. The van der Waals surface area contributed by atoms with E-state index < -0.39 is 26.6 Å². The molecule has 3 aromatic rings. The molecule has 0 spiro atoms. The Hall–Kier alpha value is -3.33. The van der Waals surface area contributed by atoms with Crippen LogP contribution in [0.25, 0.3) is 0 Å². The molecule has 0 unspecified atom stereocenters. The van der Waals surface area contributed by atoms with Gasteiger partial charge in [-0.05, 0) is 48.4 Å². The van der Waals surface area contributed by atoms with Crippen LogP contribution >= 0.6 is 0 Å². The Balaban J connectivity index is 1.64. The van der Waals surface area contributed by atoms with Gasteiger partial charge >= 0.3 is 0 Å². The monoisotopic (exact) mass is 415 g/mol. The van der Waals surface area contributed by atoms with Gasteiger partial charge in [0.2, 0.25) is 0 Å². The number of rotatable bonds is 4. The summed E-state index contributed by atoms with van der Waals surface area (Å²) in [5.74, 6) is -2.28. The van der Waals surface area contributed by atoms with Gasteiger partial charge in [0.1, 0.15) is 16.5 Å². The summed E-state index contributed by atoms with van der Waals surface area (Å²) in [6.07, 6.45) is 3.67. The van der Waals surface area contributed by atoms with Crippen LogP contribution in [0, 0.1) is 11.6 Å². The zero-order valence-corrected chi connectivity index (χ0v) is 15.8. The van der Waals surface area contributed by atoms with Crippen molar-refractivity contribution in [1.29, 1.82) is 0 Å². The van der Waals surface area contributed by atoms with Crippen molar-refractivity contribution in [3.05, 3.63) is 83.7 Å². The highest BCUT2D eigenvalue weighted by atomic mass is 32.2. The first-order chi connectivity index (χ1) is 13.8. The predicted octanol–water partition coefficient (Wildman–Crippen LogP) is 3.36. The lowest BCUT2D eigenvalue weighted by Crippen LogP contribution is -2.28. The van der Waals surface area contributed by atoms with Crippen molar-refractivity contribution in [3.63, 3.8) is 0 Å². The number of nitrogens with one attached hydrogen (secondary N) is 1. The molecule has 0 aliphatic carbocycles. The Labute approximate surface area is 165 Å². The Bertz CT molecular complexity index is 1200. The molecule has 29 heavy (non-hydrogen) atoms. The quantitative estimate of drug-likeness (QED) is 0.709. The molecule has 148 valence electrons. The zero-order valence-electron chi connectivity index (χ0n) is 15.0. The van der Waals surface area contributed by atoms with Gasteiger partial charge in [-0.1, -0.05) is 6.07 Å². The van der Waals surface area contributed by atoms with Crippen molar-refractivity contribution in [2.75, 3.05) is 16.2 Å². The first kappa shape index (κ1) is 19.0. The third-order valence-electron chi connectivity index (χ3n) is 4.59. The van der Waals surface area contributed by atoms with Crippen LogP contribution in [-0.2, 0) is 16.4 Å². The number of benzene rings is 2. The van der Waals surface area contributed by atoms with Crippen LogP contribution in [-0.4, -0.2) is 25.9 Å². The van der Waals surface area contributed by atoms with Crippen molar-refractivity contribution in [3.8, 4) is 0 Å². The van der Waals surface area contributed by atoms with E-state index in [4.69, 9.17) is 0 Å². The first-order valence-electron chi connectivity index (χ1n) is 8.68. The summed E-state index contributed by atoms with van der Waals surface area (Å²) in [5.41, 5.74) is 2.10. The summed E-state index contributed by atoms with van der Waals surface area (Å²) in [6.45, 7) is 0.458. The molecule has 1 amide bonds. The van der Waals surface area contributed by atoms with E-state index >= 15 is 0 Å². The maximum absolute atomic E-state index is 13.9. The molecule has 0 atom stereocenters. The first-order valence-corrected chi connectivity index (χ1v) is 10.2. The van der Waals surface area contributed by atoms with Crippen LogP contribution in [0.1, 0.15) is 15.9 Å². The molecule has 0 bridgehead atoms. The Morgan fingerprint density at radius 2 is 1.79 bits per heavy atom. The predicted molar refractivity (Wildman–Crippen MR) is 103 cm³/mol. The number of pyridine rings is 1. The van der Waals surface area contributed by atoms with Crippen molar-refractivity contribution in [1.82, 2.24) is 4.98 Å². The topological polar surface area (TPSA) is 79.4 Å². The lowest BCUT2D eigenvalue weighted by atomic mass is 10.1. The molecule has 2 aromatic carbocycles. The Morgan fingerprint density at radius 3 is 2.52 bits per heavy atom. The molecule has 6 nitrogen and oxygen atoms in total. The van der Waals surface area contributed by atoms with E-state index in [1.165, 1.54) is 24.5 Å². The number of aromatic nitrogens is 1. The number of anilines is 2. The highest BCUT2D eigenvalue weighted by Crippen LogP contribution is 2.33. The lowest BCUT2D eigenvalue weighted by molar-refractivity contribution is 0.0989. The second-order valence-electron chi connectivity index (χ2n) is 6.47. The van der Waals surface area contributed by atoms with Gasteiger partial charge in [-0.25, -0.2) is 17.2 Å². The molecule has 0 saturated heterocycles. The molecule has 1 aliphatic rings. The number of halogens is 2. The van der Waals surface area contributed by atoms with E-state index in [-0.39, 0.29) is 11.6 Å². The number of fused-ring (bicyclic) bond motifs is 1. The number of carbonyl (C=O) groups is 1. The summed E-state index contributed by atoms with van der Waals surface area (Å²) in [7, 11) is -4.27. The van der Waals surface area contributed by atoms with E-state index in [1.807, 2.05) is 0 Å². The van der Waals surface area contributed by atoms with E-state index in [0.29, 0.717) is 30.3 Å². The standard InChI is InChI=1S/C20H15F2N3O3S/c21-15-2-4-19(17(22)11-15)29(27,28)24-16-3-1-13-7-10-25(18(13)12-16)20(26)14-5-8-23-9-6-14/h1-6,8-9,11-12,24H,7,10H2. The summed E-state index contributed by atoms with van der Waals surface area (Å²) in [6, 6.07) is 10.2. The van der Waals surface area contributed by atoms with Gasteiger partial charge < -0.3 is 4.90 Å². The SMILES string of the molecule is O=C(c1ccncc1)N1CCc2ccc(NS(=O)(=O)c3ccc(F)cc3F)cc21. The molecule has 2 heterocycles. The summed E-state index contributed by atoms with van der Waals surface area (Å²) >= 11 is 0. The van der Waals surface area contributed by atoms with E-state index in [1.54, 1.807) is 23.1 Å². The van der Waals surface area contributed by atoms with Crippen molar-refractivity contribution < 1.29 is 22.0 Å². The molecule has 0 fully saturated rings.